The summed E-state index contributed by atoms with van der Waals surface area (Å²) < 4.78 is 1.71. The molecule has 0 aliphatic heterocycles. The van der Waals surface area contributed by atoms with Crippen LogP contribution >= 0.6 is 11.6 Å². The molecule has 0 atom stereocenters. The Labute approximate surface area is 124 Å². The van der Waals surface area contributed by atoms with Crippen LogP contribution in [-0.4, -0.2) is 14.8 Å². The van der Waals surface area contributed by atoms with E-state index in [1.165, 1.54) is 0 Å². The van der Waals surface area contributed by atoms with Crippen LogP contribution in [0, 0.1) is 0 Å². The fourth-order valence-corrected chi connectivity index (χ4v) is 2.65. The van der Waals surface area contributed by atoms with Gasteiger partial charge in [-0.05, 0) is 30.3 Å². The zero-order valence-corrected chi connectivity index (χ0v) is 11.6. The summed E-state index contributed by atoms with van der Waals surface area (Å²) in [5.74, 6) is 0. The first-order valence-corrected chi connectivity index (χ1v) is 6.86. The standard InChI is InChI=1S/C16H10ClN3O/c17-10-6-7-14-12(8-10)13-9-20(11-4-2-1-3-5-11)19-15(13)16(21)18-14/h1-9H,(H,18,21). The molecule has 2 heterocycles. The monoisotopic (exact) mass is 295 g/mol. The lowest BCUT2D eigenvalue weighted by Crippen LogP contribution is -2.06. The van der Waals surface area contributed by atoms with Crippen LogP contribution in [0.5, 0.6) is 0 Å². The number of rotatable bonds is 1. The third-order valence-electron chi connectivity index (χ3n) is 3.47. The Morgan fingerprint density at radius 1 is 1.05 bits per heavy atom. The highest BCUT2D eigenvalue weighted by Crippen LogP contribution is 2.24. The maximum Gasteiger partial charge on any atom is 0.276 e. The maximum atomic E-state index is 12.2. The molecular weight excluding hydrogens is 286 g/mol. The van der Waals surface area contributed by atoms with Gasteiger partial charge in [0.15, 0.2) is 5.52 Å². The maximum absolute atomic E-state index is 12.2. The molecule has 1 N–H and O–H groups in total. The number of H-pyrrole nitrogens is 1. The van der Waals surface area contributed by atoms with Crippen LogP contribution < -0.4 is 5.56 Å². The van der Waals surface area contributed by atoms with Crippen LogP contribution in [-0.2, 0) is 0 Å². The molecule has 4 aromatic rings. The molecular formula is C16H10ClN3O. The Bertz CT molecular complexity index is 1020. The summed E-state index contributed by atoms with van der Waals surface area (Å²) in [6.07, 6.45) is 1.86. The van der Waals surface area contributed by atoms with Gasteiger partial charge >= 0.3 is 0 Å². The van der Waals surface area contributed by atoms with Gasteiger partial charge < -0.3 is 4.98 Å². The van der Waals surface area contributed by atoms with Crippen LogP contribution in [0.15, 0.2) is 59.5 Å². The highest BCUT2D eigenvalue weighted by Gasteiger charge is 2.10. The van der Waals surface area contributed by atoms with E-state index < -0.39 is 0 Å². The normalized spacial score (nSPS) is 11.3. The van der Waals surface area contributed by atoms with E-state index >= 15 is 0 Å². The Morgan fingerprint density at radius 2 is 1.86 bits per heavy atom. The van der Waals surface area contributed by atoms with Gasteiger partial charge in [0, 0.05) is 27.5 Å². The van der Waals surface area contributed by atoms with Crippen molar-refractivity contribution in [2.24, 2.45) is 0 Å². The van der Waals surface area contributed by atoms with Gasteiger partial charge in [0.2, 0.25) is 0 Å². The Kier molecular flexibility index (Phi) is 2.59. The minimum atomic E-state index is -0.200. The van der Waals surface area contributed by atoms with Gasteiger partial charge in [-0.25, -0.2) is 4.68 Å². The number of hydrogen-bond donors (Lipinski definition) is 1. The molecule has 0 aliphatic rings. The zero-order valence-electron chi connectivity index (χ0n) is 10.9. The predicted molar refractivity (Wildman–Crippen MR) is 84.2 cm³/mol. The van der Waals surface area contributed by atoms with E-state index in [0.29, 0.717) is 10.5 Å². The van der Waals surface area contributed by atoms with E-state index in [9.17, 15) is 4.79 Å². The third-order valence-corrected chi connectivity index (χ3v) is 3.71. The molecule has 5 heteroatoms. The van der Waals surface area contributed by atoms with Gasteiger partial charge in [0.05, 0.1) is 5.69 Å². The molecule has 0 bridgehead atoms. The number of halogens is 1. The van der Waals surface area contributed by atoms with Crippen molar-refractivity contribution >= 4 is 33.4 Å². The molecule has 0 unspecified atom stereocenters. The number of pyridine rings is 1. The third kappa shape index (κ3) is 1.92. The second kappa shape index (κ2) is 4.46. The second-order valence-corrected chi connectivity index (χ2v) is 5.25. The second-order valence-electron chi connectivity index (χ2n) is 4.82. The lowest BCUT2D eigenvalue weighted by molar-refractivity contribution is 0.894. The van der Waals surface area contributed by atoms with Crippen molar-refractivity contribution in [3.63, 3.8) is 0 Å². The molecule has 0 spiro atoms. The average molecular weight is 296 g/mol. The summed E-state index contributed by atoms with van der Waals surface area (Å²) in [6, 6.07) is 15.1. The molecule has 4 rings (SSSR count). The Morgan fingerprint density at radius 3 is 2.67 bits per heavy atom. The van der Waals surface area contributed by atoms with E-state index in [0.717, 1.165) is 22.0 Å². The van der Waals surface area contributed by atoms with E-state index in [2.05, 4.69) is 10.1 Å². The molecule has 21 heavy (non-hydrogen) atoms. The summed E-state index contributed by atoms with van der Waals surface area (Å²) in [7, 11) is 0. The highest BCUT2D eigenvalue weighted by atomic mass is 35.5. The topological polar surface area (TPSA) is 50.7 Å². The number of nitrogens with one attached hydrogen (secondary N) is 1. The number of fused-ring (bicyclic) bond motifs is 3. The summed E-state index contributed by atoms with van der Waals surface area (Å²) in [5.41, 5.74) is 1.87. The van der Waals surface area contributed by atoms with Gasteiger partial charge in [-0.3, -0.25) is 4.79 Å². The first kappa shape index (κ1) is 12.2. The highest BCUT2D eigenvalue weighted by molar-refractivity contribution is 6.31. The summed E-state index contributed by atoms with van der Waals surface area (Å²) in [4.78, 5) is 15.0. The molecule has 2 aromatic heterocycles. The fraction of sp³-hybridized carbons (Fsp3) is 0. The van der Waals surface area contributed by atoms with Gasteiger partial charge in [-0.1, -0.05) is 29.8 Å². The van der Waals surface area contributed by atoms with Gasteiger partial charge in [-0.15, -0.1) is 0 Å². The minimum absolute atomic E-state index is 0.200. The number of nitrogens with zero attached hydrogens (tertiary/aromatic N) is 2. The van der Waals surface area contributed by atoms with Crippen molar-refractivity contribution in [1.82, 2.24) is 14.8 Å². The van der Waals surface area contributed by atoms with E-state index in [1.54, 1.807) is 16.8 Å². The first-order valence-electron chi connectivity index (χ1n) is 6.49. The van der Waals surface area contributed by atoms with Crippen molar-refractivity contribution in [2.75, 3.05) is 0 Å². The van der Waals surface area contributed by atoms with Gasteiger partial charge in [0.1, 0.15) is 0 Å². The fourth-order valence-electron chi connectivity index (χ4n) is 2.48. The van der Waals surface area contributed by atoms with E-state index in [4.69, 9.17) is 11.6 Å². The van der Waals surface area contributed by atoms with Crippen molar-refractivity contribution in [1.29, 1.82) is 0 Å². The van der Waals surface area contributed by atoms with Crippen molar-refractivity contribution in [3.8, 4) is 5.69 Å². The van der Waals surface area contributed by atoms with E-state index in [1.807, 2.05) is 42.6 Å². The number of hydrogen-bond acceptors (Lipinski definition) is 2. The number of benzene rings is 2. The molecule has 102 valence electrons. The van der Waals surface area contributed by atoms with Gasteiger partial charge in [0.25, 0.3) is 5.56 Å². The quantitative estimate of drug-likeness (QED) is 0.584. The zero-order chi connectivity index (χ0) is 14.4. The Hall–Kier alpha value is -2.59. The summed E-state index contributed by atoms with van der Waals surface area (Å²) >= 11 is 6.06. The molecule has 4 nitrogen and oxygen atoms in total. The largest absolute Gasteiger partial charge is 0.320 e. The van der Waals surface area contributed by atoms with E-state index in [-0.39, 0.29) is 5.56 Å². The van der Waals surface area contributed by atoms with Crippen molar-refractivity contribution in [2.45, 2.75) is 0 Å². The lowest BCUT2D eigenvalue weighted by Gasteiger charge is -1.99. The van der Waals surface area contributed by atoms with Crippen LogP contribution in [0.4, 0.5) is 0 Å². The number of aromatic amines is 1. The first-order chi connectivity index (χ1) is 10.2. The smallest absolute Gasteiger partial charge is 0.276 e. The van der Waals surface area contributed by atoms with Crippen molar-refractivity contribution in [3.05, 3.63) is 70.1 Å². The average Bonchev–Trinajstić information content (AvgIpc) is 2.95. The molecule has 0 radical (unpaired) electrons. The minimum Gasteiger partial charge on any atom is -0.320 e. The molecule has 0 saturated carbocycles. The van der Waals surface area contributed by atoms with Crippen molar-refractivity contribution < 1.29 is 0 Å². The molecule has 2 aromatic carbocycles. The molecule has 0 fully saturated rings. The molecule has 0 aliphatic carbocycles. The van der Waals surface area contributed by atoms with Crippen LogP contribution in [0.2, 0.25) is 5.02 Å². The number of para-hydroxylation sites is 1. The van der Waals surface area contributed by atoms with Crippen LogP contribution in [0.3, 0.4) is 0 Å². The molecule has 0 saturated heterocycles. The van der Waals surface area contributed by atoms with Crippen LogP contribution in [0.25, 0.3) is 27.5 Å². The Balaban J connectivity index is 2.11. The number of aromatic nitrogens is 3. The summed E-state index contributed by atoms with van der Waals surface area (Å²) in [5, 5.41) is 6.70. The lowest BCUT2D eigenvalue weighted by atomic mass is 10.1. The summed E-state index contributed by atoms with van der Waals surface area (Å²) in [6.45, 7) is 0. The van der Waals surface area contributed by atoms with Crippen LogP contribution in [0.1, 0.15) is 0 Å². The molecule has 0 amide bonds. The van der Waals surface area contributed by atoms with Gasteiger partial charge in [-0.2, -0.15) is 5.10 Å². The predicted octanol–water partition coefficient (Wildman–Crippen LogP) is 3.52. The SMILES string of the molecule is O=c1[nH]c2ccc(Cl)cc2c2cn(-c3ccccc3)nc12.